The lowest BCUT2D eigenvalue weighted by Gasteiger charge is -2.33. The molecule has 3 rings (SSSR count). The van der Waals surface area contributed by atoms with E-state index in [1.54, 1.807) is 0 Å². The summed E-state index contributed by atoms with van der Waals surface area (Å²) in [5.74, 6) is -2.98. The van der Waals surface area contributed by atoms with Crippen LogP contribution in [0.15, 0.2) is 30.5 Å². The Balaban J connectivity index is 0.00000243. The standard InChI is InChI=1S/C17H18F2N4O2.ClH/c18-12-2-1-9(5-13(12)19)11-3-4-21-8-15(11)23-17(25)14-6-10(7-22-14)16(20)24;/h1-2,5-7,11,15,21-22H,3-4,8H2,(H2,20,24)(H,23,25);1H. The molecule has 6 nitrogen and oxygen atoms in total. The highest BCUT2D eigenvalue weighted by atomic mass is 35.5. The predicted octanol–water partition coefficient (Wildman–Crippen LogP) is 1.69. The third-order valence-electron chi connectivity index (χ3n) is 4.38. The van der Waals surface area contributed by atoms with Gasteiger partial charge in [0.15, 0.2) is 11.6 Å². The molecule has 1 aromatic carbocycles. The minimum Gasteiger partial charge on any atom is -0.366 e. The lowest BCUT2D eigenvalue weighted by atomic mass is 9.86. The number of carbonyl (C=O) groups is 2. The summed E-state index contributed by atoms with van der Waals surface area (Å²) >= 11 is 0. The fourth-order valence-electron chi connectivity index (χ4n) is 3.07. The number of carbonyl (C=O) groups excluding carboxylic acids is 2. The van der Waals surface area contributed by atoms with E-state index in [2.05, 4.69) is 15.6 Å². The zero-order valence-corrected chi connectivity index (χ0v) is 14.5. The van der Waals surface area contributed by atoms with Crippen molar-refractivity contribution in [1.29, 1.82) is 0 Å². The van der Waals surface area contributed by atoms with Crippen LogP contribution in [0.25, 0.3) is 0 Å². The molecule has 1 saturated heterocycles. The molecule has 2 heterocycles. The summed E-state index contributed by atoms with van der Waals surface area (Å²) in [6.45, 7) is 1.21. The van der Waals surface area contributed by atoms with Gasteiger partial charge in [-0.15, -0.1) is 12.4 Å². The van der Waals surface area contributed by atoms with Gasteiger partial charge in [-0.3, -0.25) is 9.59 Å². The molecule has 1 fully saturated rings. The van der Waals surface area contributed by atoms with E-state index in [9.17, 15) is 18.4 Å². The third-order valence-corrected chi connectivity index (χ3v) is 4.38. The summed E-state index contributed by atoms with van der Waals surface area (Å²) in [5, 5.41) is 6.04. The van der Waals surface area contributed by atoms with E-state index in [4.69, 9.17) is 5.73 Å². The molecule has 9 heteroatoms. The molecule has 2 atom stereocenters. The third kappa shape index (κ3) is 4.20. The van der Waals surface area contributed by atoms with E-state index in [-0.39, 0.29) is 35.6 Å². The molecule has 2 unspecified atom stereocenters. The molecule has 140 valence electrons. The first-order valence-electron chi connectivity index (χ1n) is 7.90. The maximum Gasteiger partial charge on any atom is 0.267 e. The molecule has 1 aliphatic heterocycles. The minimum absolute atomic E-state index is 0. The first-order valence-corrected chi connectivity index (χ1v) is 7.90. The van der Waals surface area contributed by atoms with Gasteiger partial charge in [-0.1, -0.05) is 6.07 Å². The van der Waals surface area contributed by atoms with Crippen molar-refractivity contribution < 1.29 is 18.4 Å². The van der Waals surface area contributed by atoms with Crippen LogP contribution in [0.1, 0.15) is 38.7 Å². The van der Waals surface area contributed by atoms with Gasteiger partial charge in [0.2, 0.25) is 5.91 Å². The highest BCUT2D eigenvalue weighted by molar-refractivity contribution is 5.98. The van der Waals surface area contributed by atoms with Gasteiger partial charge < -0.3 is 21.4 Å². The number of nitrogens with one attached hydrogen (secondary N) is 3. The number of H-pyrrole nitrogens is 1. The average molecular weight is 385 g/mol. The van der Waals surface area contributed by atoms with Crippen LogP contribution in [0.3, 0.4) is 0 Å². The van der Waals surface area contributed by atoms with Gasteiger partial charge in [-0.25, -0.2) is 8.78 Å². The number of hydrogen-bond acceptors (Lipinski definition) is 3. The lowest BCUT2D eigenvalue weighted by Crippen LogP contribution is -2.50. The summed E-state index contributed by atoms with van der Waals surface area (Å²) in [6, 6.07) is 4.87. The van der Waals surface area contributed by atoms with Gasteiger partial charge in [0, 0.05) is 24.7 Å². The monoisotopic (exact) mass is 384 g/mol. The molecule has 1 aliphatic rings. The Morgan fingerprint density at radius 1 is 1.19 bits per heavy atom. The highest BCUT2D eigenvalue weighted by Gasteiger charge is 2.29. The molecule has 0 spiro atoms. The van der Waals surface area contributed by atoms with Gasteiger partial charge >= 0.3 is 0 Å². The quantitative estimate of drug-likeness (QED) is 0.645. The van der Waals surface area contributed by atoms with E-state index in [1.165, 1.54) is 24.4 Å². The summed E-state index contributed by atoms with van der Waals surface area (Å²) in [7, 11) is 0. The summed E-state index contributed by atoms with van der Waals surface area (Å²) < 4.78 is 26.7. The Labute approximate surface area is 154 Å². The van der Waals surface area contributed by atoms with Gasteiger partial charge in [0.25, 0.3) is 5.91 Å². The summed E-state index contributed by atoms with van der Waals surface area (Å²) in [6.07, 6.45) is 2.04. The number of primary amides is 1. The molecule has 1 aromatic heterocycles. The Hall–Kier alpha value is -2.45. The van der Waals surface area contributed by atoms with Crippen molar-refractivity contribution in [1.82, 2.24) is 15.6 Å². The average Bonchev–Trinajstić information content (AvgIpc) is 3.08. The highest BCUT2D eigenvalue weighted by Crippen LogP contribution is 2.27. The number of rotatable bonds is 4. The van der Waals surface area contributed by atoms with Crippen molar-refractivity contribution in [2.45, 2.75) is 18.4 Å². The number of aromatic nitrogens is 1. The SMILES string of the molecule is Cl.NC(=O)c1c[nH]c(C(=O)NC2CNCCC2c2ccc(F)c(F)c2)c1. The molecule has 5 N–H and O–H groups in total. The van der Waals surface area contributed by atoms with Crippen LogP contribution in [0.5, 0.6) is 0 Å². The van der Waals surface area contributed by atoms with Gasteiger partial charge in [0.05, 0.1) is 5.56 Å². The van der Waals surface area contributed by atoms with Crippen LogP contribution in [-0.4, -0.2) is 35.9 Å². The first kappa shape index (κ1) is 19.9. The van der Waals surface area contributed by atoms with Crippen molar-refractivity contribution in [3.8, 4) is 0 Å². The molecule has 0 bridgehead atoms. The smallest absolute Gasteiger partial charge is 0.267 e. The maximum atomic E-state index is 13.5. The second-order valence-corrected chi connectivity index (χ2v) is 6.02. The zero-order chi connectivity index (χ0) is 18.0. The topological polar surface area (TPSA) is 100 Å². The summed E-state index contributed by atoms with van der Waals surface area (Å²) in [4.78, 5) is 26.2. The molecule has 2 aromatic rings. The van der Waals surface area contributed by atoms with Crippen molar-refractivity contribution in [2.75, 3.05) is 13.1 Å². The van der Waals surface area contributed by atoms with Crippen molar-refractivity contribution in [3.63, 3.8) is 0 Å². The number of aromatic amines is 1. The second kappa shape index (κ2) is 8.29. The number of amides is 2. The van der Waals surface area contributed by atoms with Crippen LogP contribution < -0.4 is 16.4 Å². The van der Waals surface area contributed by atoms with E-state index in [1.807, 2.05) is 0 Å². The van der Waals surface area contributed by atoms with Gasteiger partial charge in [-0.05, 0) is 36.7 Å². The Morgan fingerprint density at radius 3 is 2.62 bits per heavy atom. The van der Waals surface area contributed by atoms with Crippen LogP contribution in [0.2, 0.25) is 0 Å². The van der Waals surface area contributed by atoms with Gasteiger partial charge in [-0.2, -0.15) is 0 Å². The first-order chi connectivity index (χ1) is 12.0. The predicted molar refractivity (Wildman–Crippen MR) is 94.4 cm³/mol. The van der Waals surface area contributed by atoms with Gasteiger partial charge in [0.1, 0.15) is 5.69 Å². The number of piperidine rings is 1. The Kier molecular flexibility index (Phi) is 6.33. The minimum atomic E-state index is -0.906. The van der Waals surface area contributed by atoms with Crippen molar-refractivity contribution in [2.24, 2.45) is 5.73 Å². The van der Waals surface area contributed by atoms with Crippen LogP contribution in [0, 0.1) is 11.6 Å². The number of hydrogen-bond donors (Lipinski definition) is 4. The van der Waals surface area contributed by atoms with Crippen LogP contribution >= 0.6 is 12.4 Å². The summed E-state index contributed by atoms with van der Waals surface area (Å²) in [5.41, 5.74) is 6.23. The second-order valence-electron chi connectivity index (χ2n) is 6.02. The molecule has 0 aliphatic carbocycles. The molecule has 2 amide bonds. The molecule has 0 radical (unpaired) electrons. The maximum absolute atomic E-state index is 13.5. The molecule has 0 saturated carbocycles. The van der Waals surface area contributed by atoms with Crippen LogP contribution in [0.4, 0.5) is 8.78 Å². The van der Waals surface area contributed by atoms with E-state index < -0.39 is 23.4 Å². The number of benzene rings is 1. The molecular weight excluding hydrogens is 366 g/mol. The van der Waals surface area contributed by atoms with E-state index in [0.29, 0.717) is 25.1 Å². The lowest BCUT2D eigenvalue weighted by molar-refractivity contribution is 0.0919. The normalized spacial score (nSPS) is 19.5. The number of halogens is 3. The largest absolute Gasteiger partial charge is 0.366 e. The Bertz CT molecular complexity index is 812. The number of nitrogens with two attached hydrogens (primary N) is 1. The Morgan fingerprint density at radius 2 is 1.96 bits per heavy atom. The van der Waals surface area contributed by atoms with E-state index >= 15 is 0 Å². The molecule has 26 heavy (non-hydrogen) atoms. The van der Waals surface area contributed by atoms with Crippen molar-refractivity contribution >= 4 is 24.2 Å². The van der Waals surface area contributed by atoms with Crippen LogP contribution in [-0.2, 0) is 0 Å². The van der Waals surface area contributed by atoms with Crippen molar-refractivity contribution in [3.05, 3.63) is 58.9 Å². The fraction of sp³-hybridized carbons (Fsp3) is 0.294. The van der Waals surface area contributed by atoms with E-state index in [0.717, 1.165) is 6.07 Å². The zero-order valence-electron chi connectivity index (χ0n) is 13.7. The molecular formula is C17H19ClF2N4O2. The fourth-order valence-corrected chi connectivity index (χ4v) is 3.07.